The number of nitrogens with zero attached hydrogens (tertiary/aromatic N) is 3. The van der Waals surface area contributed by atoms with Crippen LogP contribution in [0.2, 0.25) is 0 Å². The van der Waals surface area contributed by atoms with Crippen molar-refractivity contribution < 1.29 is 4.57 Å². The van der Waals surface area contributed by atoms with Crippen molar-refractivity contribution in [1.82, 2.24) is 9.38 Å². The molecular weight excluding hydrogens is 450 g/mol. The summed E-state index contributed by atoms with van der Waals surface area (Å²) in [4.78, 5) is 5.58. The van der Waals surface area contributed by atoms with Crippen molar-refractivity contribution in [3.05, 3.63) is 77.6 Å². The Bertz CT molecular complexity index is 2060. The van der Waals surface area contributed by atoms with Gasteiger partial charge in [0.05, 0.1) is 27.6 Å². The second-order valence-corrected chi connectivity index (χ2v) is 12.8. The standard InChI is InChI=1S/C34H34N3/c1-19-25-20-13-9-11-15-23(20)37-24-16-12-10-14-21(24)27(30(25)37)28-26(19)31-29(35-32(28)34(5,6)7)22(33(2,3)4)17-18-36(31)8/h9-18H,1-8H3/q+1. The number of para-hydroxylation sites is 2. The van der Waals surface area contributed by atoms with Gasteiger partial charge in [0.2, 0.25) is 5.52 Å². The molecule has 0 spiro atoms. The van der Waals surface area contributed by atoms with Crippen LogP contribution >= 0.6 is 0 Å². The molecule has 0 fully saturated rings. The first-order chi connectivity index (χ1) is 17.5. The predicted molar refractivity (Wildman–Crippen MR) is 157 cm³/mol. The zero-order chi connectivity index (χ0) is 26.0. The summed E-state index contributed by atoms with van der Waals surface area (Å²) in [5.41, 5.74) is 9.91. The molecule has 37 heavy (non-hydrogen) atoms. The fourth-order valence-corrected chi connectivity index (χ4v) is 6.70. The minimum atomic E-state index is -0.124. The largest absolute Gasteiger partial charge is 0.308 e. The van der Waals surface area contributed by atoms with Crippen molar-refractivity contribution in [3.8, 4) is 0 Å². The van der Waals surface area contributed by atoms with Gasteiger partial charge in [-0.25, -0.2) is 4.98 Å². The van der Waals surface area contributed by atoms with Crippen molar-refractivity contribution >= 4 is 59.9 Å². The predicted octanol–water partition coefficient (Wildman–Crippen LogP) is 8.27. The molecule has 3 nitrogen and oxygen atoms in total. The normalized spacial score (nSPS) is 13.4. The number of aromatic nitrogens is 3. The van der Waals surface area contributed by atoms with E-state index in [4.69, 9.17) is 4.98 Å². The number of fused-ring (bicyclic) bond motifs is 10. The van der Waals surface area contributed by atoms with E-state index >= 15 is 0 Å². The number of hydrogen-bond donors (Lipinski definition) is 0. The molecule has 0 unspecified atom stereocenters. The average Bonchev–Trinajstić information content (AvgIpc) is 3.35. The summed E-state index contributed by atoms with van der Waals surface area (Å²) >= 11 is 0. The second-order valence-electron chi connectivity index (χ2n) is 12.8. The van der Waals surface area contributed by atoms with Gasteiger partial charge in [-0.05, 0) is 35.6 Å². The van der Waals surface area contributed by atoms with Gasteiger partial charge in [0.25, 0.3) is 0 Å². The van der Waals surface area contributed by atoms with Crippen LogP contribution in [-0.4, -0.2) is 9.38 Å². The molecular formula is C34H34N3+. The zero-order valence-corrected chi connectivity index (χ0v) is 23.1. The van der Waals surface area contributed by atoms with Crippen molar-refractivity contribution in [2.24, 2.45) is 7.05 Å². The summed E-state index contributed by atoms with van der Waals surface area (Å²) < 4.78 is 4.78. The van der Waals surface area contributed by atoms with Gasteiger partial charge in [-0.3, -0.25) is 0 Å². The molecule has 0 aliphatic heterocycles. The lowest BCUT2D eigenvalue weighted by atomic mass is 9.82. The van der Waals surface area contributed by atoms with E-state index < -0.39 is 0 Å². The summed E-state index contributed by atoms with van der Waals surface area (Å²) in [5.74, 6) is 0. The molecule has 7 aromatic rings. The number of hydrogen-bond acceptors (Lipinski definition) is 1. The number of pyridine rings is 2. The molecule has 184 valence electrons. The van der Waals surface area contributed by atoms with E-state index in [0.29, 0.717) is 0 Å². The molecule has 0 saturated carbocycles. The molecule has 0 aliphatic carbocycles. The van der Waals surface area contributed by atoms with Crippen molar-refractivity contribution in [2.75, 3.05) is 0 Å². The van der Waals surface area contributed by atoms with Gasteiger partial charge in [-0.15, -0.1) is 0 Å². The maximum absolute atomic E-state index is 5.58. The van der Waals surface area contributed by atoms with Crippen LogP contribution in [0.1, 0.15) is 58.4 Å². The topological polar surface area (TPSA) is 21.2 Å². The SMILES string of the molecule is Cc1c2c3ccccc3n3c4ccccc4c(c4c(C(C)(C)C)nc5c(C(C)(C)C)cc[n+](C)c5c14)c23. The third kappa shape index (κ3) is 2.77. The Balaban J connectivity index is 1.94. The Morgan fingerprint density at radius 1 is 0.703 bits per heavy atom. The smallest absolute Gasteiger partial charge is 0.239 e. The molecule has 4 aromatic heterocycles. The highest BCUT2D eigenvalue weighted by Crippen LogP contribution is 2.48. The first-order valence-electron chi connectivity index (χ1n) is 13.3. The fourth-order valence-electron chi connectivity index (χ4n) is 6.70. The maximum atomic E-state index is 5.58. The highest BCUT2D eigenvalue weighted by atomic mass is 14.9. The quantitative estimate of drug-likeness (QED) is 0.157. The summed E-state index contributed by atoms with van der Waals surface area (Å²) in [6.45, 7) is 16.1. The van der Waals surface area contributed by atoms with E-state index in [1.54, 1.807) is 0 Å². The third-order valence-electron chi connectivity index (χ3n) is 8.29. The average molecular weight is 485 g/mol. The van der Waals surface area contributed by atoms with Gasteiger partial charge < -0.3 is 4.40 Å². The minimum Gasteiger partial charge on any atom is -0.308 e. The summed E-state index contributed by atoms with van der Waals surface area (Å²) in [5, 5.41) is 7.97. The van der Waals surface area contributed by atoms with E-state index in [1.807, 2.05) is 0 Å². The van der Waals surface area contributed by atoms with Crippen LogP contribution in [0.3, 0.4) is 0 Å². The lowest BCUT2D eigenvalue weighted by molar-refractivity contribution is -0.644. The molecule has 0 bridgehead atoms. The fraction of sp³-hybridized carbons (Fsp3) is 0.294. The molecule has 4 heterocycles. The monoisotopic (exact) mass is 484 g/mol. The Kier molecular flexibility index (Phi) is 4.24. The van der Waals surface area contributed by atoms with E-state index in [-0.39, 0.29) is 10.8 Å². The molecule has 3 heteroatoms. The lowest BCUT2D eigenvalue weighted by Crippen LogP contribution is -2.31. The molecule has 0 amide bonds. The van der Waals surface area contributed by atoms with Crippen molar-refractivity contribution in [2.45, 2.75) is 59.3 Å². The first-order valence-corrected chi connectivity index (χ1v) is 13.3. The number of aryl methyl sites for hydroxylation is 2. The highest BCUT2D eigenvalue weighted by Gasteiger charge is 2.32. The van der Waals surface area contributed by atoms with E-state index in [2.05, 4.69) is 125 Å². The molecule has 7 rings (SSSR count). The van der Waals surface area contributed by atoms with Crippen LogP contribution in [0.5, 0.6) is 0 Å². The molecule has 0 atom stereocenters. The summed E-state index contributed by atoms with van der Waals surface area (Å²) in [7, 11) is 2.17. The Labute approximate surface area is 217 Å². The van der Waals surface area contributed by atoms with Crippen LogP contribution < -0.4 is 4.57 Å². The first kappa shape index (κ1) is 22.5. The number of rotatable bonds is 0. The van der Waals surface area contributed by atoms with Crippen LogP contribution in [-0.2, 0) is 17.9 Å². The van der Waals surface area contributed by atoms with Crippen LogP contribution in [0, 0.1) is 6.92 Å². The molecule has 0 N–H and O–H groups in total. The van der Waals surface area contributed by atoms with Crippen LogP contribution in [0.15, 0.2) is 60.8 Å². The lowest BCUT2D eigenvalue weighted by Gasteiger charge is -2.25. The van der Waals surface area contributed by atoms with Gasteiger partial charge in [-0.1, -0.05) is 77.9 Å². The maximum Gasteiger partial charge on any atom is 0.239 e. The summed E-state index contributed by atoms with van der Waals surface area (Å²) in [6, 6.07) is 20.1. The van der Waals surface area contributed by atoms with Crippen molar-refractivity contribution in [3.63, 3.8) is 0 Å². The number of benzene rings is 3. The Morgan fingerprint density at radius 2 is 1.30 bits per heavy atom. The second kappa shape index (κ2) is 6.98. The molecule has 3 aromatic carbocycles. The summed E-state index contributed by atoms with van der Waals surface area (Å²) in [6.07, 6.45) is 2.22. The third-order valence-corrected chi connectivity index (χ3v) is 8.29. The highest BCUT2D eigenvalue weighted by molar-refractivity contribution is 6.35. The Hall–Kier alpha value is -3.72. The van der Waals surface area contributed by atoms with Crippen molar-refractivity contribution in [1.29, 1.82) is 0 Å². The van der Waals surface area contributed by atoms with Gasteiger partial charge in [0, 0.05) is 38.4 Å². The van der Waals surface area contributed by atoms with E-state index in [9.17, 15) is 0 Å². The van der Waals surface area contributed by atoms with Gasteiger partial charge in [0.1, 0.15) is 12.6 Å². The van der Waals surface area contributed by atoms with E-state index in [1.165, 1.54) is 71.2 Å². The Morgan fingerprint density at radius 3 is 1.89 bits per heavy atom. The molecule has 0 saturated heterocycles. The molecule has 0 aliphatic rings. The van der Waals surface area contributed by atoms with E-state index in [0.717, 1.165) is 5.52 Å². The molecule has 0 radical (unpaired) electrons. The van der Waals surface area contributed by atoms with Crippen LogP contribution in [0.25, 0.3) is 59.9 Å². The zero-order valence-electron chi connectivity index (χ0n) is 23.1. The van der Waals surface area contributed by atoms with Crippen LogP contribution in [0.4, 0.5) is 0 Å². The van der Waals surface area contributed by atoms with Gasteiger partial charge >= 0.3 is 0 Å². The van der Waals surface area contributed by atoms with Gasteiger partial charge in [0.15, 0.2) is 6.20 Å². The minimum absolute atomic E-state index is 0.0141. The van der Waals surface area contributed by atoms with Gasteiger partial charge in [-0.2, -0.15) is 4.57 Å².